The predicted octanol–water partition coefficient (Wildman–Crippen LogP) is 3.29. The first-order valence-corrected chi connectivity index (χ1v) is 7.74. The Kier molecular flexibility index (Phi) is 4.90. The van der Waals surface area contributed by atoms with E-state index in [1.165, 1.54) is 0 Å². The Hall–Kier alpha value is -2.14. The van der Waals surface area contributed by atoms with Gasteiger partial charge >= 0.3 is 0 Å². The molecule has 5 nitrogen and oxygen atoms in total. The summed E-state index contributed by atoms with van der Waals surface area (Å²) in [7, 11) is 3.70. The number of ketones is 1. The molecule has 1 aromatic heterocycles. The number of aromatic amines is 1. The fourth-order valence-electron chi connectivity index (χ4n) is 2.43. The van der Waals surface area contributed by atoms with Gasteiger partial charge in [-0.25, -0.2) is 0 Å². The summed E-state index contributed by atoms with van der Waals surface area (Å²) in [4.78, 5) is 29.1. The molecule has 2 rings (SSSR count). The number of anilines is 1. The SMILES string of the molecule is CN(C)CC(=O)Nc1ccc2[nH]c(C(=O)CC(C)(C)C)cc2c1. The minimum Gasteiger partial charge on any atom is -0.352 e. The molecule has 2 N–H and O–H groups in total. The van der Waals surface area contributed by atoms with E-state index in [0.717, 1.165) is 16.6 Å². The summed E-state index contributed by atoms with van der Waals surface area (Å²) in [5.41, 5.74) is 2.21. The van der Waals surface area contributed by atoms with Crippen LogP contribution < -0.4 is 5.32 Å². The lowest BCUT2D eigenvalue weighted by atomic mass is 9.89. The number of hydrogen-bond acceptors (Lipinski definition) is 3. The zero-order chi connectivity index (χ0) is 17.2. The summed E-state index contributed by atoms with van der Waals surface area (Å²) in [6, 6.07) is 7.46. The first kappa shape index (κ1) is 17.2. The largest absolute Gasteiger partial charge is 0.352 e. The molecule has 2 aromatic rings. The molecule has 0 fully saturated rings. The van der Waals surface area contributed by atoms with Gasteiger partial charge in [0.25, 0.3) is 0 Å². The van der Waals surface area contributed by atoms with Crippen LogP contribution in [0.25, 0.3) is 10.9 Å². The van der Waals surface area contributed by atoms with Crippen LogP contribution in [0.1, 0.15) is 37.7 Å². The molecule has 0 aliphatic heterocycles. The van der Waals surface area contributed by atoms with E-state index in [2.05, 4.69) is 10.3 Å². The van der Waals surface area contributed by atoms with E-state index >= 15 is 0 Å². The zero-order valence-corrected chi connectivity index (χ0v) is 14.5. The Bertz CT molecular complexity index is 723. The molecule has 0 spiro atoms. The van der Waals surface area contributed by atoms with Gasteiger partial charge in [0.2, 0.25) is 5.91 Å². The van der Waals surface area contributed by atoms with E-state index in [0.29, 0.717) is 18.7 Å². The number of H-pyrrole nitrogens is 1. The summed E-state index contributed by atoms with van der Waals surface area (Å²) in [5, 5.41) is 3.78. The molecule has 0 bridgehead atoms. The standard InChI is InChI=1S/C18H25N3O2/c1-18(2,3)10-16(22)15-9-12-8-13(6-7-14(12)20-15)19-17(23)11-21(4)5/h6-9,20H,10-11H2,1-5H3,(H,19,23). The van der Waals surface area contributed by atoms with Crippen LogP contribution in [-0.2, 0) is 4.79 Å². The van der Waals surface area contributed by atoms with Crippen molar-refractivity contribution in [1.82, 2.24) is 9.88 Å². The number of rotatable bonds is 5. The molecule has 1 heterocycles. The molecular weight excluding hydrogens is 290 g/mol. The van der Waals surface area contributed by atoms with Gasteiger partial charge in [0, 0.05) is 23.0 Å². The summed E-state index contributed by atoms with van der Waals surface area (Å²) >= 11 is 0. The van der Waals surface area contributed by atoms with Crippen LogP contribution in [0.3, 0.4) is 0 Å². The van der Waals surface area contributed by atoms with Crippen molar-refractivity contribution in [2.75, 3.05) is 26.0 Å². The molecule has 0 saturated heterocycles. The van der Waals surface area contributed by atoms with Crippen molar-refractivity contribution in [2.45, 2.75) is 27.2 Å². The minimum absolute atomic E-state index is 0.0420. The van der Waals surface area contributed by atoms with Crippen molar-refractivity contribution in [1.29, 1.82) is 0 Å². The maximum atomic E-state index is 12.3. The van der Waals surface area contributed by atoms with Crippen molar-refractivity contribution in [3.63, 3.8) is 0 Å². The van der Waals surface area contributed by atoms with Gasteiger partial charge in [-0.2, -0.15) is 0 Å². The number of carbonyl (C=O) groups is 2. The molecule has 0 atom stereocenters. The number of benzene rings is 1. The van der Waals surface area contributed by atoms with E-state index in [9.17, 15) is 9.59 Å². The van der Waals surface area contributed by atoms with E-state index in [1.54, 1.807) is 0 Å². The van der Waals surface area contributed by atoms with Gasteiger partial charge in [0.15, 0.2) is 5.78 Å². The quantitative estimate of drug-likeness (QED) is 0.832. The number of likely N-dealkylation sites (N-methyl/N-ethyl adjacent to an activating group) is 1. The number of Topliss-reactive ketones (excluding diaryl/α,β-unsaturated/α-hetero) is 1. The lowest BCUT2D eigenvalue weighted by Gasteiger charge is -2.15. The smallest absolute Gasteiger partial charge is 0.238 e. The topological polar surface area (TPSA) is 65.2 Å². The summed E-state index contributed by atoms with van der Waals surface area (Å²) in [6.45, 7) is 6.48. The Morgan fingerprint density at radius 2 is 1.87 bits per heavy atom. The van der Waals surface area contributed by atoms with Crippen LogP contribution >= 0.6 is 0 Å². The Morgan fingerprint density at radius 1 is 1.17 bits per heavy atom. The van der Waals surface area contributed by atoms with Crippen molar-refractivity contribution >= 4 is 28.3 Å². The average Bonchev–Trinajstić information content (AvgIpc) is 2.78. The third kappa shape index (κ3) is 4.93. The number of nitrogens with one attached hydrogen (secondary N) is 2. The highest BCUT2D eigenvalue weighted by Crippen LogP contribution is 2.25. The highest BCUT2D eigenvalue weighted by atomic mass is 16.2. The molecule has 1 aromatic carbocycles. The fraction of sp³-hybridized carbons (Fsp3) is 0.444. The molecular formula is C18H25N3O2. The van der Waals surface area contributed by atoms with Crippen LogP contribution in [0.15, 0.2) is 24.3 Å². The maximum Gasteiger partial charge on any atom is 0.238 e. The monoisotopic (exact) mass is 315 g/mol. The fourth-order valence-corrected chi connectivity index (χ4v) is 2.43. The summed E-state index contributed by atoms with van der Waals surface area (Å²) < 4.78 is 0. The van der Waals surface area contributed by atoms with Crippen molar-refractivity contribution in [3.8, 4) is 0 Å². The van der Waals surface area contributed by atoms with E-state index in [1.807, 2.05) is 64.0 Å². The zero-order valence-electron chi connectivity index (χ0n) is 14.5. The minimum atomic E-state index is -0.0612. The number of aromatic nitrogens is 1. The second-order valence-electron chi connectivity index (χ2n) is 7.43. The Labute approximate surface area is 137 Å². The highest BCUT2D eigenvalue weighted by Gasteiger charge is 2.18. The maximum absolute atomic E-state index is 12.3. The average molecular weight is 315 g/mol. The molecule has 0 aliphatic rings. The normalized spacial score (nSPS) is 11.9. The number of carbonyl (C=O) groups excluding carboxylic acids is 2. The second kappa shape index (κ2) is 6.54. The number of hydrogen-bond donors (Lipinski definition) is 2. The van der Waals surface area contributed by atoms with Gasteiger partial charge in [0.1, 0.15) is 0 Å². The van der Waals surface area contributed by atoms with E-state index < -0.39 is 0 Å². The third-order valence-corrected chi connectivity index (χ3v) is 3.36. The van der Waals surface area contributed by atoms with E-state index in [4.69, 9.17) is 0 Å². The molecule has 124 valence electrons. The summed E-state index contributed by atoms with van der Waals surface area (Å²) in [6.07, 6.45) is 0.492. The van der Waals surface area contributed by atoms with Crippen LogP contribution in [0, 0.1) is 5.41 Å². The Balaban J connectivity index is 2.18. The first-order valence-electron chi connectivity index (χ1n) is 7.74. The van der Waals surface area contributed by atoms with Gasteiger partial charge in [0.05, 0.1) is 12.2 Å². The lowest BCUT2D eigenvalue weighted by molar-refractivity contribution is -0.116. The van der Waals surface area contributed by atoms with Gasteiger partial charge in [-0.15, -0.1) is 0 Å². The molecule has 0 aliphatic carbocycles. The number of amides is 1. The van der Waals surface area contributed by atoms with Crippen LogP contribution in [-0.4, -0.2) is 42.2 Å². The van der Waals surface area contributed by atoms with Crippen molar-refractivity contribution < 1.29 is 9.59 Å². The van der Waals surface area contributed by atoms with Gasteiger partial charge in [-0.05, 0) is 43.8 Å². The molecule has 0 saturated carbocycles. The number of nitrogens with zero attached hydrogens (tertiary/aromatic N) is 1. The third-order valence-electron chi connectivity index (χ3n) is 3.36. The summed E-state index contributed by atoms with van der Waals surface area (Å²) in [5.74, 6) is 0.0424. The second-order valence-corrected chi connectivity index (χ2v) is 7.43. The molecule has 0 unspecified atom stereocenters. The first-order chi connectivity index (χ1) is 10.6. The molecule has 1 amide bonds. The Morgan fingerprint density at radius 3 is 2.48 bits per heavy atom. The lowest BCUT2D eigenvalue weighted by Crippen LogP contribution is -2.27. The molecule has 0 radical (unpaired) electrons. The molecule has 5 heteroatoms. The van der Waals surface area contributed by atoms with Crippen molar-refractivity contribution in [3.05, 3.63) is 30.0 Å². The highest BCUT2D eigenvalue weighted by molar-refractivity contribution is 6.01. The van der Waals surface area contributed by atoms with Gasteiger partial charge in [-0.3, -0.25) is 9.59 Å². The predicted molar refractivity (Wildman–Crippen MR) is 93.9 cm³/mol. The van der Waals surface area contributed by atoms with Crippen LogP contribution in [0.4, 0.5) is 5.69 Å². The van der Waals surface area contributed by atoms with Crippen molar-refractivity contribution in [2.24, 2.45) is 5.41 Å². The number of fused-ring (bicyclic) bond motifs is 1. The van der Waals surface area contributed by atoms with Gasteiger partial charge < -0.3 is 15.2 Å². The van der Waals surface area contributed by atoms with E-state index in [-0.39, 0.29) is 17.1 Å². The van der Waals surface area contributed by atoms with Crippen LogP contribution in [0.5, 0.6) is 0 Å². The van der Waals surface area contributed by atoms with Crippen LogP contribution in [0.2, 0.25) is 0 Å². The van der Waals surface area contributed by atoms with Gasteiger partial charge in [-0.1, -0.05) is 20.8 Å². The molecule has 23 heavy (non-hydrogen) atoms.